The van der Waals surface area contributed by atoms with Gasteiger partial charge in [-0.15, -0.1) is 0 Å². The van der Waals surface area contributed by atoms with Gasteiger partial charge in [-0.3, -0.25) is 4.79 Å². The molecule has 4 rings (SSSR count). The van der Waals surface area contributed by atoms with Gasteiger partial charge in [0.1, 0.15) is 11.9 Å². The second kappa shape index (κ2) is 12.5. The van der Waals surface area contributed by atoms with Crippen molar-refractivity contribution in [1.29, 1.82) is 0 Å². The van der Waals surface area contributed by atoms with Gasteiger partial charge in [0, 0.05) is 42.5 Å². The number of ether oxygens (including phenoxy) is 1. The van der Waals surface area contributed by atoms with E-state index in [1.54, 1.807) is 23.1 Å². The van der Waals surface area contributed by atoms with Crippen molar-refractivity contribution in [3.63, 3.8) is 0 Å². The predicted molar refractivity (Wildman–Crippen MR) is 146 cm³/mol. The number of nitrogens with one attached hydrogen (secondary N) is 2. The Morgan fingerprint density at radius 2 is 1.77 bits per heavy atom. The van der Waals surface area contributed by atoms with Crippen LogP contribution in [-0.4, -0.2) is 72.3 Å². The molecule has 0 aromatic heterocycles. The van der Waals surface area contributed by atoms with E-state index in [1.807, 2.05) is 13.8 Å². The van der Waals surface area contributed by atoms with E-state index in [-0.39, 0.29) is 42.7 Å². The van der Waals surface area contributed by atoms with Crippen molar-refractivity contribution in [2.45, 2.75) is 51.4 Å². The monoisotopic (exact) mass is 562 g/mol. The van der Waals surface area contributed by atoms with Crippen molar-refractivity contribution in [3.8, 4) is 5.75 Å². The number of rotatable bonds is 8. The second-order valence-corrected chi connectivity index (χ2v) is 11.0. The van der Waals surface area contributed by atoms with Crippen LogP contribution < -0.4 is 15.4 Å². The molecule has 2 aromatic rings. The molecule has 11 heteroatoms. The average Bonchev–Trinajstić information content (AvgIpc) is 3.70. The number of aliphatic hydroxyl groups excluding tert-OH is 1. The Balaban J connectivity index is 1.52. The second-order valence-electron chi connectivity index (χ2n) is 11.0. The standard InChI is InChI=1S/C29H37F3N4O4/c1-18-14-36(19(2)17-37)27(38)13-21-12-24(10-11-25(21)40-26(18)16-35(3)15-20-4-5-20)34-28(39)33-23-8-6-22(7-9-23)29(30,31)32/h6-12,18-20,26,37H,4-5,13-17H2,1-3H3,(H2,33,34,39)/t18-,19+,26+/m1/s1. The van der Waals surface area contributed by atoms with Crippen molar-refractivity contribution in [2.24, 2.45) is 11.8 Å². The molecular formula is C29H37F3N4O4. The molecule has 40 heavy (non-hydrogen) atoms. The third kappa shape index (κ3) is 7.88. The van der Waals surface area contributed by atoms with Crippen LogP contribution >= 0.6 is 0 Å². The number of carbonyl (C=O) groups is 2. The average molecular weight is 563 g/mol. The zero-order valence-electron chi connectivity index (χ0n) is 23.0. The fourth-order valence-corrected chi connectivity index (χ4v) is 4.88. The molecule has 0 radical (unpaired) electrons. The van der Waals surface area contributed by atoms with Gasteiger partial charge in [0.25, 0.3) is 0 Å². The van der Waals surface area contributed by atoms with Crippen LogP contribution in [0.2, 0.25) is 0 Å². The molecule has 2 aliphatic rings. The Morgan fingerprint density at radius 3 is 2.40 bits per heavy atom. The lowest BCUT2D eigenvalue weighted by Crippen LogP contribution is -2.47. The maximum atomic E-state index is 13.4. The number of urea groups is 1. The molecule has 3 atom stereocenters. The number of likely N-dealkylation sites (N-methyl/N-ethyl adjacent to an activating group) is 1. The summed E-state index contributed by atoms with van der Waals surface area (Å²) >= 11 is 0. The number of aliphatic hydroxyl groups is 1. The van der Waals surface area contributed by atoms with Crippen LogP contribution in [0.3, 0.4) is 0 Å². The van der Waals surface area contributed by atoms with Gasteiger partial charge in [-0.2, -0.15) is 13.2 Å². The quantitative estimate of drug-likeness (QED) is 0.428. The Labute approximate surface area is 232 Å². The lowest BCUT2D eigenvalue weighted by atomic mass is 10.0. The Kier molecular flexibility index (Phi) is 9.25. The highest BCUT2D eigenvalue weighted by Crippen LogP contribution is 2.32. The third-order valence-electron chi connectivity index (χ3n) is 7.40. The number of alkyl halides is 3. The van der Waals surface area contributed by atoms with Gasteiger partial charge in [-0.05, 0) is 75.2 Å². The van der Waals surface area contributed by atoms with Crippen LogP contribution in [0.5, 0.6) is 5.75 Å². The van der Waals surface area contributed by atoms with Gasteiger partial charge in [-0.1, -0.05) is 6.92 Å². The summed E-state index contributed by atoms with van der Waals surface area (Å²) in [6, 6.07) is 8.20. The van der Waals surface area contributed by atoms with E-state index in [2.05, 4.69) is 22.6 Å². The smallest absolute Gasteiger partial charge is 0.416 e. The zero-order chi connectivity index (χ0) is 29.0. The largest absolute Gasteiger partial charge is 0.488 e. The number of halogens is 3. The minimum Gasteiger partial charge on any atom is -0.488 e. The number of nitrogens with zero attached hydrogens (tertiary/aromatic N) is 2. The Morgan fingerprint density at radius 1 is 1.12 bits per heavy atom. The zero-order valence-corrected chi connectivity index (χ0v) is 23.0. The molecule has 2 aromatic carbocycles. The lowest BCUT2D eigenvalue weighted by molar-refractivity contribution is -0.137. The van der Waals surface area contributed by atoms with E-state index in [9.17, 15) is 27.9 Å². The first-order valence-electron chi connectivity index (χ1n) is 13.6. The van der Waals surface area contributed by atoms with E-state index in [0.29, 0.717) is 30.1 Å². The summed E-state index contributed by atoms with van der Waals surface area (Å²) in [6.07, 6.45) is -2.16. The number of hydrogen-bond acceptors (Lipinski definition) is 5. The molecule has 0 bridgehead atoms. The van der Waals surface area contributed by atoms with Gasteiger partial charge < -0.3 is 30.3 Å². The summed E-state index contributed by atoms with van der Waals surface area (Å²) in [5.74, 6) is 1.12. The molecule has 1 aliphatic heterocycles. The highest BCUT2D eigenvalue weighted by atomic mass is 19.4. The summed E-state index contributed by atoms with van der Waals surface area (Å²) in [5, 5.41) is 15.0. The minimum absolute atomic E-state index is 0.00198. The van der Waals surface area contributed by atoms with Crippen LogP contribution in [0, 0.1) is 11.8 Å². The molecule has 1 fully saturated rings. The number of hydrogen-bond donors (Lipinski definition) is 3. The third-order valence-corrected chi connectivity index (χ3v) is 7.40. The number of amides is 3. The van der Waals surface area contributed by atoms with Crippen LogP contribution in [0.25, 0.3) is 0 Å². The van der Waals surface area contributed by atoms with Crippen molar-refractivity contribution in [3.05, 3.63) is 53.6 Å². The van der Waals surface area contributed by atoms with Gasteiger partial charge >= 0.3 is 12.2 Å². The van der Waals surface area contributed by atoms with Gasteiger partial charge in [0.05, 0.1) is 24.6 Å². The summed E-state index contributed by atoms with van der Waals surface area (Å²) in [5.41, 5.74) is 0.386. The molecule has 1 saturated carbocycles. The van der Waals surface area contributed by atoms with Gasteiger partial charge in [0.2, 0.25) is 5.91 Å². The minimum atomic E-state index is -4.46. The van der Waals surface area contributed by atoms with Crippen LogP contribution in [0.15, 0.2) is 42.5 Å². The van der Waals surface area contributed by atoms with Crippen molar-refractivity contribution >= 4 is 23.3 Å². The van der Waals surface area contributed by atoms with Crippen LogP contribution in [0.4, 0.5) is 29.3 Å². The van der Waals surface area contributed by atoms with E-state index in [1.165, 1.54) is 25.0 Å². The van der Waals surface area contributed by atoms with Gasteiger partial charge in [0.15, 0.2) is 0 Å². The Bertz CT molecular complexity index is 1190. The topological polar surface area (TPSA) is 94.1 Å². The molecule has 0 unspecified atom stereocenters. The summed E-state index contributed by atoms with van der Waals surface area (Å²) in [7, 11) is 2.07. The normalized spacial score (nSPS) is 20.6. The first-order chi connectivity index (χ1) is 18.9. The van der Waals surface area contributed by atoms with Crippen molar-refractivity contribution in [2.75, 3.05) is 43.9 Å². The summed E-state index contributed by atoms with van der Waals surface area (Å²) < 4.78 is 44.9. The summed E-state index contributed by atoms with van der Waals surface area (Å²) in [4.78, 5) is 29.9. The number of fused-ring (bicyclic) bond motifs is 1. The SMILES string of the molecule is C[C@@H]1CN([C@@H](C)CO)C(=O)Cc2cc(NC(=O)Nc3ccc(C(F)(F)F)cc3)ccc2O[C@H]1CN(C)CC1CC1. The molecule has 3 N–H and O–H groups in total. The summed E-state index contributed by atoms with van der Waals surface area (Å²) in [6.45, 7) is 5.81. The first kappa shape index (κ1) is 29.7. The first-order valence-corrected chi connectivity index (χ1v) is 13.6. The number of benzene rings is 2. The molecule has 218 valence electrons. The molecular weight excluding hydrogens is 525 g/mol. The number of anilines is 2. The fourth-order valence-electron chi connectivity index (χ4n) is 4.88. The van der Waals surface area contributed by atoms with Crippen molar-refractivity contribution < 1.29 is 32.6 Å². The van der Waals surface area contributed by atoms with E-state index in [0.717, 1.165) is 24.6 Å². The van der Waals surface area contributed by atoms with E-state index < -0.39 is 17.8 Å². The molecule has 3 amide bonds. The molecule has 8 nitrogen and oxygen atoms in total. The fraction of sp³-hybridized carbons (Fsp3) is 0.517. The van der Waals surface area contributed by atoms with Gasteiger partial charge in [-0.25, -0.2) is 4.79 Å². The maximum absolute atomic E-state index is 13.4. The van der Waals surface area contributed by atoms with Crippen LogP contribution in [0.1, 0.15) is 37.8 Å². The highest BCUT2D eigenvalue weighted by molar-refractivity contribution is 6.00. The van der Waals surface area contributed by atoms with Crippen molar-refractivity contribution in [1.82, 2.24) is 9.80 Å². The molecule has 0 saturated heterocycles. The van der Waals surface area contributed by atoms with Crippen LogP contribution in [-0.2, 0) is 17.4 Å². The maximum Gasteiger partial charge on any atom is 0.416 e. The lowest BCUT2D eigenvalue weighted by Gasteiger charge is -2.34. The predicted octanol–water partition coefficient (Wildman–Crippen LogP) is 4.84. The number of carbonyl (C=O) groups excluding carboxylic acids is 2. The van der Waals surface area contributed by atoms with E-state index in [4.69, 9.17) is 4.74 Å². The molecule has 1 heterocycles. The molecule has 1 aliphatic carbocycles. The highest BCUT2D eigenvalue weighted by Gasteiger charge is 2.33. The van der Waals surface area contributed by atoms with E-state index >= 15 is 0 Å². The molecule has 0 spiro atoms. The Hall–Kier alpha value is -3.31.